The smallest absolute Gasteiger partial charge is 0.235 e. The molecule has 0 bridgehead atoms. The summed E-state index contributed by atoms with van der Waals surface area (Å²) in [5, 5.41) is 2.54. The molecule has 0 unspecified atom stereocenters. The molecule has 0 aliphatic heterocycles. The third kappa shape index (κ3) is 4.06. The molecule has 0 aliphatic rings. The average Bonchev–Trinajstić information content (AvgIpc) is 3.16. The lowest BCUT2D eigenvalue weighted by Crippen LogP contribution is -2.40. The van der Waals surface area contributed by atoms with Crippen molar-refractivity contribution in [1.29, 1.82) is 0 Å². The Morgan fingerprint density at radius 1 is 0.933 bits per heavy atom. The number of imidazole rings is 1. The summed E-state index contributed by atoms with van der Waals surface area (Å²) in [6.45, 7) is 11.7. The molecular weight excluding hydrogens is 388 g/mol. The van der Waals surface area contributed by atoms with Crippen molar-refractivity contribution < 1.29 is 4.43 Å². The summed E-state index contributed by atoms with van der Waals surface area (Å²) in [7, 11) is -1.87. The van der Waals surface area contributed by atoms with E-state index in [-0.39, 0.29) is 5.04 Å². The van der Waals surface area contributed by atoms with E-state index in [2.05, 4.69) is 86.3 Å². The second-order valence-electron chi connectivity index (χ2n) is 9.09. The van der Waals surface area contributed by atoms with E-state index in [1.54, 1.807) is 12.4 Å². The van der Waals surface area contributed by atoms with Crippen LogP contribution in [0, 0.1) is 0 Å². The first-order valence-corrected chi connectivity index (χ1v) is 13.1. The molecule has 0 saturated heterocycles. The van der Waals surface area contributed by atoms with Crippen molar-refractivity contribution in [2.24, 2.45) is 0 Å². The van der Waals surface area contributed by atoms with Crippen molar-refractivity contribution in [3.63, 3.8) is 0 Å². The van der Waals surface area contributed by atoms with Crippen LogP contribution in [0.5, 0.6) is 0 Å². The van der Waals surface area contributed by atoms with Crippen LogP contribution in [0.4, 0.5) is 0 Å². The maximum atomic E-state index is 6.41. The van der Waals surface area contributed by atoms with Gasteiger partial charge in [0.1, 0.15) is 5.82 Å². The molecule has 4 aromatic rings. The van der Waals surface area contributed by atoms with E-state index in [4.69, 9.17) is 9.41 Å². The monoisotopic (exact) mass is 416 g/mol. The van der Waals surface area contributed by atoms with Crippen LogP contribution in [0.3, 0.4) is 0 Å². The molecule has 0 fully saturated rings. The summed E-state index contributed by atoms with van der Waals surface area (Å²) in [6.07, 6.45) is 5.49. The van der Waals surface area contributed by atoms with Gasteiger partial charge in [-0.15, -0.1) is 0 Å². The normalized spacial score (nSPS) is 12.4. The van der Waals surface area contributed by atoms with Gasteiger partial charge in [0.15, 0.2) is 8.32 Å². The topological polar surface area (TPSA) is 52.8 Å². The maximum Gasteiger partial charge on any atom is 0.235 e. The zero-order valence-electron chi connectivity index (χ0n) is 18.3. The van der Waals surface area contributed by atoms with Gasteiger partial charge in [-0.05, 0) is 41.0 Å². The predicted molar refractivity (Wildman–Crippen MR) is 124 cm³/mol. The highest BCUT2D eigenvalue weighted by atomic mass is 28.4. The van der Waals surface area contributed by atoms with Crippen molar-refractivity contribution in [3.8, 4) is 17.3 Å². The molecule has 2 aromatic heterocycles. The largest absolute Gasteiger partial charge is 0.411 e. The van der Waals surface area contributed by atoms with Gasteiger partial charge < -0.3 is 4.43 Å². The molecule has 0 aliphatic carbocycles. The van der Waals surface area contributed by atoms with Crippen LogP contribution in [-0.2, 0) is 11.0 Å². The second-order valence-corrected chi connectivity index (χ2v) is 13.9. The SMILES string of the molecule is CC(C)(C)[Si](C)(C)OCc1cn(-c2ncccn2)c(-c2ccc3ccccc3c2)n1. The van der Waals surface area contributed by atoms with Crippen molar-refractivity contribution >= 4 is 19.1 Å². The standard InChI is InChI=1S/C24H28N4OSi/c1-24(2,3)30(4,5)29-17-21-16-28(23-25-13-8-14-26-23)22(27-21)20-12-11-18-9-6-7-10-19(18)15-20/h6-16H,17H2,1-5H3. The fourth-order valence-electron chi connectivity index (χ4n) is 3.07. The van der Waals surface area contributed by atoms with Crippen molar-refractivity contribution in [3.05, 3.63) is 72.8 Å². The van der Waals surface area contributed by atoms with Crippen LogP contribution in [0.2, 0.25) is 18.1 Å². The molecule has 0 atom stereocenters. The molecule has 4 rings (SSSR count). The number of aromatic nitrogens is 4. The Labute approximate surface area is 178 Å². The zero-order valence-corrected chi connectivity index (χ0v) is 19.3. The predicted octanol–water partition coefficient (Wildman–Crippen LogP) is 6.00. The van der Waals surface area contributed by atoms with Gasteiger partial charge in [-0.2, -0.15) is 0 Å². The lowest BCUT2D eigenvalue weighted by molar-refractivity contribution is 0.272. The van der Waals surface area contributed by atoms with E-state index in [1.807, 2.05) is 16.8 Å². The van der Waals surface area contributed by atoms with Gasteiger partial charge in [-0.25, -0.2) is 15.0 Å². The van der Waals surface area contributed by atoms with Gasteiger partial charge in [-0.3, -0.25) is 4.57 Å². The summed E-state index contributed by atoms with van der Waals surface area (Å²) in [4.78, 5) is 13.8. The molecule has 2 heterocycles. The molecule has 5 nitrogen and oxygen atoms in total. The van der Waals surface area contributed by atoms with Crippen LogP contribution >= 0.6 is 0 Å². The van der Waals surface area contributed by atoms with E-state index in [1.165, 1.54) is 10.8 Å². The third-order valence-electron chi connectivity index (χ3n) is 5.92. The number of nitrogens with zero attached hydrogens (tertiary/aromatic N) is 4. The van der Waals surface area contributed by atoms with Crippen LogP contribution in [0.1, 0.15) is 26.5 Å². The first-order valence-electron chi connectivity index (χ1n) is 10.2. The fraction of sp³-hybridized carbons (Fsp3) is 0.292. The van der Waals surface area contributed by atoms with Gasteiger partial charge in [0.2, 0.25) is 5.95 Å². The molecule has 6 heteroatoms. The molecule has 2 aromatic carbocycles. The first-order chi connectivity index (χ1) is 14.2. The summed E-state index contributed by atoms with van der Waals surface area (Å²) < 4.78 is 8.37. The number of hydrogen-bond acceptors (Lipinski definition) is 4. The highest BCUT2D eigenvalue weighted by Gasteiger charge is 2.37. The van der Waals surface area contributed by atoms with Crippen molar-refractivity contribution in [2.45, 2.75) is 45.5 Å². The molecule has 30 heavy (non-hydrogen) atoms. The van der Waals surface area contributed by atoms with Crippen molar-refractivity contribution in [1.82, 2.24) is 19.5 Å². The summed E-state index contributed by atoms with van der Waals surface area (Å²) in [5.74, 6) is 1.42. The lowest BCUT2D eigenvalue weighted by Gasteiger charge is -2.35. The van der Waals surface area contributed by atoms with E-state index >= 15 is 0 Å². The molecule has 154 valence electrons. The summed E-state index contributed by atoms with van der Waals surface area (Å²) in [5.41, 5.74) is 1.91. The van der Waals surface area contributed by atoms with E-state index in [9.17, 15) is 0 Å². The maximum absolute atomic E-state index is 6.41. The molecule has 0 N–H and O–H groups in total. The van der Waals surface area contributed by atoms with E-state index in [0.29, 0.717) is 12.6 Å². The van der Waals surface area contributed by atoms with Gasteiger partial charge in [0, 0.05) is 24.2 Å². The van der Waals surface area contributed by atoms with Crippen LogP contribution in [0.15, 0.2) is 67.1 Å². The Hall–Kier alpha value is -2.83. The van der Waals surface area contributed by atoms with Gasteiger partial charge >= 0.3 is 0 Å². The molecule has 0 spiro atoms. The molecule has 0 radical (unpaired) electrons. The Balaban J connectivity index is 1.75. The van der Waals surface area contributed by atoms with Gasteiger partial charge in [-0.1, -0.05) is 57.2 Å². The Kier molecular flexibility index (Phi) is 5.30. The quantitative estimate of drug-likeness (QED) is 0.374. The Bertz CT molecular complexity index is 1160. The highest BCUT2D eigenvalue weighted by molar-refractivity contribution is 6.74. The Morgan fingerprint density at radius 3 is 2.33 bits per heavy atom. The second kappa shape index (κ2) is 7.78. The van der Waals surface area contributed by atoms with E-state index < -0.39 is 8.32 Å². The zero-order chi connectivity index (χ0) is 21.4. The summed E-state index contributed by atoms with van der Waals surface area (Å²) >= 11 is 0. The van der Waals surface area contributed by atoms with E-state index in [0.717, 1.165) is 17.1 Å². The molecule has 0 saturated carbocycles. The lowest BCUT2D eigenvalue weighted by atomic mass is 10.1. The van der Waals surface area contributed by atoms with Crippen molar-refractivity contribution in [2.75, 3.05) is 0 Å². The fourth-order valence-corrected chi connectivity index (χ4v) is 4.01. The minimum atomic E-state index is -1.87. The molecular formula is C24H28N4OSi. The van der Waals surface area contributed by atoms with Gasteiger partial charge in [0.25, 0.3) is 0 Å². The average molecular weight is 417 g/mol. The highest BCUT2D eigenvalue weighted by Crippen LogP contribution is 2.37. The number of fused-ring (bicyclic) bond motifs is 1. The van der Waals surface area contributed by atoms with Crippen LogP contribution in [-0.4, -0.2) is 27.8 Å². The number of hydrogen-bond donors (Lipinski definition) is 0. The summed E-state index contributed by atoms with van der Waals surface area (Å²) in [6, 6.07) is 16.5. The van der Waals surface area contributed by atoms with Gasteiger partial charge in [0.05, 0.1) is 12.3 Å². The first kappa shape index (κ1) is 20.4. The minimum absolute atomic E-state index is 0.152. The molecule has 0 amide bonds. The minimum Gasteiger partial charge on any atom is -0.411 e. The number of rotatable bonds is 5. The third-order valence-corrected chi connectivity index (χ3v) is 10.4. The van der Waals surface area contributed by atoms with Crippen LogP contribution < -0.4 is 0 Å². The Morgan fingerprint density at radius 2 is 1.63 bits per heavy atom. The van der Waals surface area contributed by atoms with Crippen LogP contribution in [0.25, 0.3) is 28.1 Å². The number of benzene rings is 2.